The zero-order valence-corrected chi connectivity index (χ0v) is 15.4. The van der Waals surface area contributed by atoms with Gasteiger partial charge in [0.25, 0.3) is 0 Å². The molecule has 1 N–H and O–H groups in total. The number of rotatable bonds is 3. The number of hydrogen-bond donors (Lipinski definition) is 1. The molecule has 0 spiro atoms. The SMILES string of the molecule is CN1CCC(C#N)(NS(=O)(=O)c2cc(Br)ccc2Br)CC1. The molecule has 1 aliphatic heterocycles. The van der Waals surface area contributed by atoms with Gasteiger partial charge in [-0.1, -0.05) is 15.9 Å². The van der Waals surface area contributed by atoms with E-state index in [1.165, 1.54) is 6.07 Å². The molecule has 2 rings (SSSR count). The molecule has 1 fully saturated rings. The zero-order valence-electron chi connectivity index (χ0n) is 11.4. The highest BCUT2D eigenvalue weighted by Crippen LogP contribution is 2.29. The van der Waals surface area contributed by atoms with Crippen LogP contribution >= 0.6 is 31.9 Å². The lowest BCUT2D eigenvalue weighted by Crippen LogP contribution is -2.53. The molecule has 114 valence electrons. The van der Waals surface area contributed by atoms with Gasteiger partial charge in [0, 0.05) is 22.0 Å². The van der Waals surface area contributed by atoms with Crippen LogP contribution < -0.4 is 4.72 Å². The Morgan fingerprint density at radius 1 is 1.33 bits per heavy atom. The second-order valence-electron chi connectivity index (χ2n) is 5.18. The number of nitriles is 1. The summed E-state index contributed by atoms with van der Waals surface area (Å²) in [7, 11) is -1.81. The van der Waals surface area contributed by atoms with Crippen LogP contribution in [0.25, 0.3) is 0 Å². The molecule has 1 aromatic carbocycles. The van der Waals surface area contributed by atoms with E-state index in [1.54, 1.807) is 12.1 Å². The van der Waals surface area contributed by atoms with Crippen LogP contribution in [0, 0.1) is 11.3 Å². The van der Waals surface area contributed by atoms with Gasteiger partial charge in [-0.15, -0.1) is 0 Å². The average molecular weight is 437 g/mol. The summed E-state index contributed by atoms with van der Waals surface area (Å²) >= 11 is 6.52. The molecule has 0 amide bonds. The normalized spacial score (nSPS) is 19.1. The van der Waals surface area contributed by atoms with Crippen LogP contribution in [0.4, 0.5) is 0 Å². The predicted molar refractivity (Wildman–Crippen MR) is 87.2 cm³/mol. The fraction of sp³-hybridized carbons (Fsp3) is 0.462. The van der Waals surface area contributed by atoms with Crippen LogP contribution in [0.5, 0.6) is 0 Å². The van der Waals surface area contributed by atoms with Crippen molar-refractivity contribution in [3.8, 4) is 6.07 Å². The first-order valence-corrected chi connectivity index (χ1v) is 9.44. The number of hydrogen-bond acceptors (Lipinski definition) is 4. The van der Waals surface area contributed by atoms with Gasteiger partial charge in [0.2, 0.25) is 10.0 Å². The molecule has 0 aromatic heterocycles. The lowest BCUT2D eigenvalue weighted by molar-refractivity contribution is 0.213. The molecule has 0 saturated carbocycles. The van der Waals surface area contributed by atoms with Gasteiger partial charge >= 0.3 is 0 Å². The van der Waals surface area contributed by atoms with Crippen LogP contribution in [-0.2, 0) is 10.0 Å². The fourth-order valence-corrected chi connectivity index (χ4v) is 5.11. The van der Waals surface area contributed by atoms with Crippen LogP contribution in [0.1, 0.15) is 12.8 Å². The van der Waals surface area contributed by atoms with Crippen molar-refractivity contribution in [1.29, 1.82) is 5.26 Å². The van der Waals surface area contributed by atoms with E-state index in [0.29, 0.717) is 34.9 Å². The Kier molecular flexibility index (Phi) is 5.11. The highest BCUT2D eigenvalue weighted by Gasteiger charge is 2.38. The van der Waals surface area contributed by atoms with Gasteiger partial charge in [0.15, 0.2) is 0 Å². The minimum Gasteiger partial charge on any atom is -0.306 e. The summed E-state index contributed by atoms with van der Waals surface area (Å²) in [6.45, 7) is 1.38. The molecule has 0 aliphatic carbocycles. The van der Waals surface area contributed by atoms with Gasteiger partial charge < -0.3 is 4.90 Å². The van der Waals surface area contributed by atoms with E-state index in [1.807, 2.05) is 7.05 Å². The Hall–Kier alpha value is -0.460. The number of sulfonamides is 1. The van der Waals surface area contributed by atoms with Crippen molar-refractivity contribution in [3.05, 3.63) is 27.1 Å². The Balaban J connectivity index is 2.32. The third kappa shape index (κ3) is 3.85. The van der Waals surface area contributed by atoms with Gasteiger partial charge in [-0.05, 0) is 54.0 Å². The lowest BCUT2D eigenvalue weighted by atomic mass is 9.91. The Labute approximate surface area is 141 Å². The second-order valence-corrected chi connectivity index (χ2v) is 8.60. The molecule has 1 heterocycles. The largest absolute Gasteiger partial charge is 0.306 e. The predicted octanol–water partition coefficient (Wildman–Crippen LogP) is 2.48. The van der Waals surface area contributed by atoms with E-state index < -0.39 is 15.6 Å². The van der Waals surface area contributed by atoms with Crippen LogP contribution in [0.2, 0.25) is 0 Å². The number of benzene rings is 1. The van der Waals surface area contributed by atoms with E-state index in [2.05, 4.69) is 47.6 Å². The Bertz CT molecular complexity index is 677. The van der Waals surface area contributed by atoms with Crippen molar-refractivity contribution >= 4 is 41.9 Å². The smallest absolute Gasteiger partial charge is 0.243 e. The van der Waals surface area contributed by atoms with E-state index in [-0.39, 0.29) is 4.90 Å². The summed E-state index contributed by atoms with van der Waals surface area (Å²) in [5.41, 5.74) is -1.03. The molecule has 1 aromatic rings. The highest BCUT2D eigenvalue weighted by atomic mass is 79.9. The van der Waals surface area contributed by atoms with E-state index in [0.717, 1.165) is 0 Å². The molecule has 1 aliphatic rings. The Morgan fingerprint density at radius 3 is 2.52 bits per heavy atom. The average Bonchev–Trinajstić information content (AvgIpc) is 2.44. The maximum absolute atomic E-state index is 12.6. The maximum Gasteiger partial charge on any atom is 0.243 e. The number of nitrogens with one attached hydrogen (secondary N) is 1. The molecule has 21 heavy (non-hydrogen) atoms. The van der Waals surface area contributed by atoms with Gasteiger partial charge in [0.1, 0.15) is 5.54 Å². The molecular weight excluding hydrogens is 422 g/mol. The molecule has 1 saturated heterocycles. The van der Waals surface area contributed by atoms with Crippen molar-refractivity contribution in [3.63, 3.8) is 0 Å². The van der Waals surface area contributed by atoms with Gasteiger partial charge in [-0.3, -0.25) is 0 Å². The van der Waals surface area contributed by atoms with Crippen molar-refractivity contribution in [2.24, 2.45) is 0 Å². The minimum absolute atomic E-state index is 0.130. The molecule has 0 bridgehead atoms. The zero-order chi connectivity index (χ0) is 15.7. The summed E-state index contributed by atoms with van der Waals surface area (Å²) in [6, 6.07) is 7.08. The summed E-state index contributed by atoms with van der Waals surface area (Å²) in [5.74, 6) is 0. The lowest BCUT2D eigenvalue weighted by Gasteiger charge is -2.35. The third-order valence-electron chi connectivity index (χ3n) is 3.57. The summed E-state index contributed by atoms with van der Waals surface area (Å²) < 4.78 is 28.9. The van der Waals surface area contributed by atoms with Gasteiger partial charge in [-0.25, -0.2) is 8.42 Å². The van der Waals surface area contributed by atoms with Crippen molar-refractivity contribution in [2.75, 3.05) is 20.1 Å². The molecule has 0 radical (unpaired) electrons. The van der Waals surface area contributed by atoms with Crippen LogP contribution in [-0.4, -0.2) is 39.0 Å². The summed E-state index contributed by atoms with van der Waals surface area (Å²) in [6.07, 6.45) is 0.954. The van der Waals surface area contributed by atoms with Crippen molar-refractivity contribution in [2.45, 2.75) is 23.3 Å². The topological polar surface area (TPSA) is 73.2 Å². The highest BCUT2D eigenvalue weighted by molar-refractivity contribution is 9.11. The first-order valence-electron chi connectivity index (χ1n) is 6.37. The molecular formula is C13H15Br2N3O2S. The number of likely N-dealkylation sites (tertiary alicyclic amines) is 1. The summed E-state index contributed by atoms with van der Waals surface area (Å²) in [5, 5.41) is 9.45. The number of halogens is 2. The molecule has 5 nitrogen and oxygen atoms in total. The first-order chi connectivity index (χ1) is 9.78. The maximum atomic E-state index is 12.6. The minimum atomic E-state index is -3.77. The fourth-order valence-electron chi connectivity index (χ4n) is 2.23. The third-order valence-corrected chi connectivity index (χ3v) is 6.59. The van der Waals surface area contributed by atoms with Crippen LogP contribution in [0.3, 0.4) is 0 Å². The molecule has 0 atom stereocenters. The van der Waals surface area contributed by atoms with Crippen molar-refractivity contribution in [1.82, 2.24) is 9.62 Å². The number of piperidine rings is 1. The van der Waals surface area contributed by atoms with Crippen molar-refractivity contribution < 1.29 is 8.42 Å². The monoisotopic (exact) mass is 435 g/mol. The summed E-state index contributed by atoms with van der Waals surface area (Å²) in [4.78, 5) is 2.21. The number of nitrogens with zero attached hydrogens (tertiary/aromatic N) is 2. The molecule has 0 unspecified atom stereocenters. The van der Waals surface area contributed by atoms with E-state index >= 15 is 0 Å². The van der Waals surface area contributed by atoms with Crippen LogP contribution in [0.15, 0.2) is 32.0 Å². The van der Waals surface area contributed by atoms with E-state index in [4.69, 9.17) is 0 Å². The second kappa shape index (κ2) is 6.34. The standard InChI is InChI=1S/C13H15Br2N3O2S/c1-18-6-4-13(9-16,5-7-18)17-21(19,20)12-8-10(14)2-3-11(12)15/h2-3,8,17H,4-7H2,1H3. The van der Waals surface area contributed by atoms with Gasteiger partial charge in [0.05, 0.1) is 11.0 Å². The first kappa shape index (κ1) is 16.9. The van der Waals surface area contributed by atoms with E-state index in [9.17, 15) is 13.7 Å². The molecule has 8 heteroatoms. The van der Waals surface area contributed by atoms with Gasteiger partial charge in [-0.2, -0.15) is 9.98 Å². The Morgan fingerprint density at radius 2 is 1.95 bits per heavy atom. The quantitative estimate of drug-likeness (QED) is 0.789.